The molecular weight excluding hydrogens is 262 g/mol. The van der Waals surface area contributed by atoms with Gasteiger partial charge in [0.05, 0.1) is 11.0 Å². The van der Waals surface area contributed by atoms with Gasteiger partial charge in [0.2, 0.25) is 0 Å². The molecule has 0 N–H and O–H groups in total. The van der Waals surface area contributed by atoms with Crippen LogP contribution in [-0.4, -0.2) is 4.98 Å². The highest BCUT2D eigenvalue weighted by molar-refractivity contribution is 9.10. The third-order valence-corrected chi connectivity index (χ3v) is 3.45. The first kappa shape index (κ1) is 9.79. The number of pyridine rings is 1. The van der Waals surface area contributed by atoms with Crippen LogP contribution in [-0.2, 0) is 0 Å². The zero-order valence-electron chi connectivity index (χ0n) is 8.87. The van der Waals surface area contributed by atoms with Crippen molar-refractivity contribution in [2.24, 2.45) is 0 Å². The fraction of sp³-hybridized carbons (Fsp3) is 0.0714. The number of hydrogen-bond donors (Lipinski definition) is 0. The summed E-state index contributed by atoms with van der Waals surface area (Å²) < 4.78 is 1.10. The number of fused-ring (bicyclic) bond motifs is 2. The Morgan fingerprint density at radius 3 is 2.75 bits per heavy atom. The monoisotopic (exact) mass is 271 g/mol. The minimum Gasteiger partial charge on any atom is -0.248 e. The molecule has 3 rings (SSSR count). The van der Waals surface area contributed by atoms with E-state index in [1.807, 2.05) is 18.2 Å². The molecule has 2 aromatic carbocycles. The quantitative estimate of drug-likeness (QED) is 0.550. The summed E-state index contributed by atoms with van der Waals surface area (Å²) >= 11 is 3.56. The Hall–Kier alpha value is -1.41. The van der Waals surface area contributed by atoms with E-state index in [2.05, 4.69) is 52.1 Å². The Bertz CT molecular complexity index is 689. The predicted octanol–water partition coefficient (Wildman–Crippen LogP) is 4.46. The second kappa shape index (κ2) is 3.56. The van der Waals surface area contributed by atoms with Gasteiger partial charge in [-0.3, -0.25) is 0 Å². The number of aromatic nitrogens is 1. The number of halogens is 1. The van der Waals surface area contributed by atoms with Crippen molar-refractivity contribution in [3.05, 3.63) is 52.5 Å². The van der Waals surface area contributed by atoms with Gasteiger partial charge in [0, 0.05) is 15.2 Å². The van der Waals surface area contributed by atoms with Gasteiger partial charge in [0.1, 0.15) is 0 Å². The largest absolute Gasteiger partial charge is 0.248 e. The zero-order valence-corrected chi connectivity index (χ0v) is 10.5. The van der Waals surface area contributed by atoms with Crippen LogP contribution in [0.1, 0.15) is 5.56 Å². The van der Waals surface area contributed by atoms with E-state index in [4.69, 9.17) is 0 Å². The average Bonchev–Trinajstić information content (AvgIpc) is 2.28. The van der Waals surface area contributed by atoms with Crippen molar-refractivity contribution in [3.8, 4) is 0 Å². The van der Waals surface area contributed by atoms with E-state index in [0.717, 1.165) is 15.5 Å². The van der Waals surface area contributed by atoms with Crippen LogP contribution in [0.2, 0.25) is 0 Å². The Balaban J connectivity index is 2.49. The van der Waals surface area contributed by atoms with E-state index >= 15 is 0 Å². The lowest BCUT2D eigenvalue weighted by atomic mass is 10.1. The molecule has 1 nitrogen and oxygen atoms in total. The van der Waals surface area contributed by atoms with Crippen LogP contribution in [0, 0.1) is 6.92 Å². The van der Waals surface area contributed by atoms with Gasteiger partial charge in [-0.1, -0.05) is 33.6 Å². The molecule has 2 heteroatoms. The molecule has 0 amide bonds. The van der Waals surface area contributed by atoms with Gasteiger partial charge in [-0.05, 0) is 37.3 Å². The minimum atomic E-state index is 1.03. The van der Waals surface area contributed by atoms with E-state index < -0.39 is 0 Å². The Kier molecular flexibility index (Phi) is 2.18. The van der Waals surface area contributed by atoms with Gasteiger partial charge >= 0.3 is 0 Å². The molecule has 0 saturated carbocycles. The summed E-state index contributed by atoms with van der Waals surface area (Å²) in [5, 5.41) is 2.36. The van der Waals surface area contributed by atoms with Crippen molar-refractivity contribution >= 4 is 37.7 Å². The van der Waals surface area contributed by atoms with Gasteiger partial charge in [0.15, 0.2) is 0 Å². The van der Waals surface area contributed by atoms with Crippen molar-refractivity contribution < 1.29 is 0 Å². The topological polar surface area (TPSA) is 12.9 Å². The number of rotatable bonds is 0. The van der Waals surface area contributed by atoms with Crippen molar-refractivity contribution in [3.63, 3.8) is 0 Å². The molecule has 0 aliphatic rings. The van der Waals surface area contributed by atoms with E-state index in [9.17, 15) is 0 Å². The lowest BCUT2D eigenvalue weighted by Gasteiger charge is -2.04. The van der Waals surface area contributed by atoms with Crippen molar-refractivity contribution in [1.82, 2.24) is 4.98 Å². The van der Waals surface area contributed by atoms with Gasteiger partial charge in [-0.2, -0.15) is 0 Å². The molecule has 0 bridgehead atoms. The predicted molar refractivity (Wildman–Crippen MR) is 71.7 cm³/mol. The van der Waals surface area contributed by atoms with Crippen LogP contribution in [0.4, 0.5) is 0 Å². The number of nitrogens with zero attached hydrogens (tertiary/aromatic N) is 1. The molecule has 16 heavy (non-hydrogen) atoms. The first-order valence-corrected chi connectivity index (χ1v) is 5.99. The minimum absolute atomic E-state index is 1.03. The van der Waals surface area contributed by atoms with Gasteiger partial charge in [0.25, 0.3) is 0 Å². The summed E-state index contributed by atoms with van der Waals surface area (Å²) in [4.78, 5) is 4.65. The van der Waals surface area contributed by atoms with Crippen molar-refractivity contribution in [2.75, 3.05) is 0 Å². The molecule has 1 aromatic heterocycles. The maximum atomic E-state index is 4.65. The fourth-order valence-corrected chi connectivity index (χ4v) is 2.41. The molecule has 78 valence electrons. The zero-order chi connectivity index (χ0) is 11.1. The molecule has 0 radical (unpaired) electrons. The lowest BCUT2D eigenvalue weighted by Crippen LogP contribution is -1.84. The van der Waals surface area contributed by atoms with Gasteiger partial charge in [-0.25, -0.2) is 4.98 Å². The summed E-state index contributed by atoms with van der Waals surface area (Å²) in [6, 6.07) is 14.6. The highest BCUT2D eigenvalue weighted by Crippen LogP contribution is 2.26. The Morgan fingerprint density at radius 2 is 1.88 bits per heavy atom. The van der Waals surface area contributed by atoms with Crippen LogP contribution in [0.15, 0.2) is 46.9 Å². The van der Waals surface area contributed by atoms with E-state index in [0.29, 0.717) is 0 Å². The smallest absolute Gasteiger partial charge is 0.0721 e. The first-order chi connectivity index (χ1) is 7.74. The van der Waals surface area contributed by atoms with E-state index in [-0.39, 0.29) is 0 Å². The second-order valence-electron chi connectivity index (χ2n) is 3.99. The van der Waals surface area contributed by atoms with E-state index in [1.165, 1.54) is 16.3 Å². The summed E-state index contributed by atoms with van der Waals surface area (Å²) in [6.07, 6.45) is 0. The molecule has 0 unspecified atom stereocenters. The summed E-state index contributed by atoms with van der Waals surface area (Å²) in [5.41, 5.74) is 3.35. The SMILES string of the molecule is Cc1ccc2nc3cccc(Br)c3cc2c1. The lowest BCUT2D eigenvalue weighted by molar-refractivity contribution is 1.45. The third kappa shape index (κ3) is 1.50. The standard InChI is InChI=1S/C14H10BrN/c1-9-5-6-13-10(7-9)8-11-12(15)3-2-4-14(11)16-13/h2-8H,1H3. The first-order valence-electron chi connectivity index (χ1n) is 5.20. The number of benzene rings is 2. The van der Waals surface area contributed by atoms with E-state index in [1.54, 1.807) is 0 Å². The maximum absolute atomic E-state index is 4.65. The molecular formula is C14H10BrN. The van der Waals surface area contributed by atoms with Crippen LogP contribution in [0.3, 0.4) is 0 Å². The highest BCUT2D eigenvalue weighted by Gasteiger charge is 2.02. The van der Waals surface area contributed by atoms with Gasteiger partial charge < -0.3 is 0 Å². The average molecular weight is 272 g/mol. The van der Waals surface area contributed by atoms with Crippen LogP contribution in [0.25, 0.3) is 21.8 Å². The molecule has 0 spiro atoms. The molecule has 1 heterocycles. The summed E-state index contributed by atoms with van der Waals surface area (Å²) in [6.45, 7) is 2.10. The molecule has 0 aliphatic heterocycles. The van der Waals surface area contributed by atoms with Crippen LogP contribution in [0.5, 0.6) is 0 Å². The molecule has 0 saturated heterocycles. The summed E-state index contributed by atoms with van der Waals surface area (Å²) in [5.74, 6) is 0. The molecule has 3 aromatic rings. The van der Waals surface area contributed by atoms with Gasteiger partial charge in [-0.15, -0.1) is 0 Å². The molecule has 0 atom stereocenters. The normalized spacial score (nSPS) is 11.1. The highest BCUT2D eigenvalue weighted by atomic mass is 79.9. The molecule has 0 aliphatic carbocycles. The number of hydrogen-bond acceptors (Lipinski definition) is 1. The fourth-order valence-electron chi connectivity index (χ4n) is 1.94. The molecule has 0 fully saturated rings. The van der Waals surface area contributed by atoms with Crippen molar-refractivity contribution in [1.29, 1.82) is 0 Å². The third-order valence-electron chi connectivity index (χ3n) is 2.75. The van der Waals surface area contributed by atoms with Crippen LogP contribution >= 0.6 is 15.9 Å². The van der Waals surface area contributed by atoms with Crippen LogP contribution < -0.4 is 0 Å². The van der Waals surface area contributed by atoms with Crippen molar-refractivity contribution in [2.45, 2.75) is 6.92 Å². The summed E-state index contributed by atoms with van der Waals surface area (Å²) in [7, 11) is 0. The number of aryl methyl sites for hydroxylation is 1. The Morgan fingerprint density at radius 1 is 1.00 bits per heavy atom. The second-order valence-corrected chi connectivity index (χ2v) is 4.85. The Labute approximate surface area is 102 Å². The maximum Gasteiger partial charge on any atom is 0.0721 e.